The summed E-state index contributed by atoms with van der Waals surface area (Å²) in [6, 6.07) is 1.59. The molecule has 88 valence electrons. The van der Waals surface area contributed by atoms with Crippen molar-refractivity contribution >= 4 is 28.5 Å². The van der Waals surface area contributed by atoms with Gasteiger partial charge in [0, 0.05) is 5.39 Å². The molecule has 0 atom stereocenters. The largest absolute Gasteiger partial charge is 0.478 e. The highest BCUT2D eigenvalue weighted by Crippen LogP contribution is 2.25. The first-order valence-electron chi connectivity index (χ1n) is 4.29. The Morgan fingerprint density at radius 2 is 1.88 bits per heavy atom. The van der Waals surface area contributed by atoms with E-state index >= 15 is 0 Å². The van der Waals surface area contributed by atoms with Gasteiger partial charge in [0.1, 0.15) is 10.7 Å². The van der Waals surface area contributed by atoms with Crippen LogP contribution in [0.3, 0.4) is 0 Å². The number of benzene rings is 1. The monoisotopic (exact) mass is 261 g/mol. The van der Waals surface area contributed by atoms with Gasteiger partial charge in [-0.05, 0) is 12.1 Å². The number of nitrogens with zero attached hydrogens (tertiary/aromatic N) is 1. The fourth-order valence-electron chi connectivity index (χ4n) is 1.35. The predicted molar refractivity (Wildman–Crippen MR) is 53.6 cm³/mol. The topological polar surface area (TPSA) is 50.2 Å². The first-order chi connectivity index (χ1) is 7.91. The Hall–Kier alpha value is -1.82. The van der Waals surface area contributed by atoms with Crippen LogP contribution in [0.4, 0.5) is 13.2 Å². The van der Waals surface area contributed by atoms with Gasteiger partial charge in [0.15, 0.2) is 17.5 Å². The molecule has 0 fully saturated rings. The van der Waals surface area contributed by atoms with Crippen LogP contribution in [0.25, 0.3) is 10.9 Å². The lowest BCUT2D eigenvalue weighted by Crippen LogP contribution is -2.02. The van der Waals surface area contributed by atoms with E-state index in [1.54, 1.807) is 0 Å². The fraction of sp³-hybridized carbons (Fsp3) is 0. The smallest absolute Gasteiger partial charge is 0.338 e. The zero-order valence-electron chi connectivity index (χ0n) is 7.97. The number of hydrogen-bond acceptors (Lipinski definition) is 2. The zero-order chi connectivity index (χ0) is 12.7. The van der Waals surface area contributed by atoms with Gasteiger partial charge in [0.25, 0.3) is 0 Å². The lowest BCUT2D eigenvalue weighted by Gasteiger charge is -2.04. The van der Waals surface area contributed by atoms with E-state index in [1.165, 1.54) is 0 Å². The van der Waals surface area contributed by atoms with Crippen LogP contribution < -0.4 is 0 Å². The van der Waals surface area contributed by atoms with Crippen LogP contribution in [0.1, 0.15) is 10.4 Å². The third kappa shape index (κ3) is 1.80. The van der Waals surface area contributed by atoms with Crippen molar-refractivity contribution in [1.29, 1.82) is 0 Å². The van der Waals surface area contributed by atoms with Crippen molar-refractivity contribution < 1.29 is 23.1 Å². The average molecular weight is 262 g/mol. The number of aromatic nitrogens is 1. The van der Waals surface area contributed by atoms with E-state index in [1.807, 2.05) is 0 Å². The van der Waals surface area contributed by atoms with Gasteiger partial charge in [-0.15, -0.1) is 0 Å². The van der Waals surface area contributed by atoms with E-state index in [9.17, 15) is 18.0 Å². The van der Waals surface area contributed by atoms with E-state index in [0.29, 0.717) is 6.07 Å². The Morgan fingerprint density at radius 3 is 2.47 bits per heavy atom. The summed E-state index contributed by atoms with van der Waals surface area (Å²) >= 11 is 5.49. The van der Waals surface area contributed by atoms with Crippen molar-refractivity contribution in [1.82, 2.24) is 4.98 Å². The summed E-state index contributed by atoms with van der Waals surface area (Å²) in [5.74, 6) is -5.99. The molecule has 0 amide bonds. The summed E-state index contributed by atoms with van der Waals surface area (Å²) in [6.07, 6.45) is 0. The molecule has 0 spiro atoms. The highest BCUT2D eigenvalue weighted by atomic mass is 35.5. The molecule has 0 radical (unpaired) electrons. The molecule has 0 aliphatic heterocycles. The number of carbonyl (C=O) groups is 1. The van der Waals surface area contributed by atoms with Gasteiger partial charge in [0.05, 0.1) is 5.56 Å². The molecule has 0 saturated heterocycles. The van der Waals surface area contributed by atoms with Crippen molar-refractivity contribution in [2.75, 3.05) is 0 Å². The number of halogens is 4. The predicted octanol–water partition coefficient (Wildman–Crippen LogP) is 3.00. The van der Waals surface area contributed by atoms with E-state index in [-0.39, 0.29) is 5.39 Å². The lowest BCUT2D eigenvalue weighted by molar-refractivity contribution is 0.0697. The molecule has 1 heterocycles. The lowest BCUT2D eigenvalue weighted by atomic mass is 10.1. The Kier molecular flexibility index (Phi) is 2.66. The molecular formula is C10H3ClF3NO2. The number of hydrogen-bond donors (Lipinski definition) is 1. The maximum Gasteiger partial charge on any atom is 0.338 e. The molecule has 0 aliphatic rings. The first kappa shape index (κ1) is 11.7. The molecule has 0 saturated carbocycles. The number of pyridine rings is 1. The summed E-state index contributed by atoms with van der Waals surface area (Å²) in [7, 11) is 0. The van der Waals surface area contributed by atoms with Crippen LogP contribution in [0.2, 0.25) is 5.15 Å². The number of carboxylic acid groups (broad SMARTS) is 1. The molecule has 1 N–H and O–H groups in total. The molecule has 7 heteroatoms. The van der Waals surface area contributed by atoms with Gasteiger partial charge in [-0.2, -0.15) is 0 Å². The minimum atomic E-state index is -1.68. The Bertz CT molecular complexity index is 645. The maximum absolute atomic E-state index is 13.3. The average Bonchev–Trinajstić information content (AvgIpc) is 2.26. The maximum atomic E-state index is 13.3. The van der Waals surface area contributed by atoms with Crippen LogP contribution >= 0.6 is 11.6 Å². The second-order valence-corrected chi connectivity index (χ2v) is 3.55. The minimum absolute atomic E-state index is 0.178. The molecular weight excluding hydrogens is 259 g/mol. The molecule has 0 aliphatic carbocycles. The van der Waals surface area contributed by atoms with E-state index in [2.05, 4.69) is 4.98 Å². The van der Waals surface area contributed by atoms with Gasteiger partial charge >= 0.3 is 5.97 Å². The van der Waals surface area contributed by atoms with Crippen LogP contribution in [0, 0.1) is 17.5 Å². The summed E-state index contributed by atoms with van der Waals surface area (Å²) in [5.41, 5.74) is -0.927. The van der Waals surface area contributed by atoms with Gasteiger partial charge in [0.2, 0.25) is 0 Å². The Labute approximate surface area is 97.5 Å². The highest BCUT2D eigenvalue weighted by Gasteiger charge is 2.18. The summed E-state index contributed by atoms with van der Waals surface area (Å²) in [4.78, 5) is 14.1. The molecule has 1 aromatic carbocycles. The summed E-state index contributed by atoms with van der Waals surface area (Å²) in [6.45, 7) is 0. The Balaban J connectivity index is 2.88. The van der Waals surface area contributed by atoms with Crippen molar-refractivity contribution in [2.24, 2.45) is 0 Å². The molecule has 1 aromatic heterocycles. The van der Waals surface area contributed by atoms with Crippen LogP contribution in [-0.2, 0) is 0 Å². The molecule has 3 nitrogen and oxygen atoms in total. The number of carboxylic acids is 1. The van der Waals surface area contributed by atoms with Crippen molar-refractivity contribution in [2.45, 2.75) is 0 Å². The molecule has 2 aromatic rings. The van der Waals surface area contributed by atoms with Crippen LogP contribution in [-0.4, -0.2) is 16.1 Å². The normalized spacial score (nSPS) is 10.8. The number of fused-ring (bicyclic) bond motifs is 1. The highest BCUT2D eigenvalue weighted by molar-refractivity contribution is 6.32. The standard InChI is InChI=1S/C10H3ClF3NO2/c11-9-4(10(16)17)1-3-2-5(12)6(13)7(14)8(3)15-9/h1-2H,(H,16,17). The van der Waals surface area contributed by atoms with E-state index in [0.717, 1.165) is 6.07 Å². The van der Waals surface area contributed by atoms with Gasteiger partial charge in [-0.25, -0.2) is 22.9 Å². The second-order valence-electron chi connectivity index (χ2n) is 3.19. The minimum Gasteiger partial charge on any atom is -0.478 e. The molecule has 0 unspecified atom stereocenters. The van der Waals surface area contributed by atoms with Gasteiger partial charge in [-0.1, -0.05) is 11.6 Å². The quantitative estimate of drug-likeness (QED) is 0.634. The zero-order valence-corrected chi connectivity index (χ0v) is 8.73. The SMILES string of the molecule is O=C(O)c1cc2cc(F)c(F)c(F)c2nc1Cl. The third-order valence-electron chi connectivity index (χ3n) is 2.13. The van der Waals surface area contributed by atoms with Crippen molar-refractivity contribution in [3.63, 3.8) is 0 Å². The van der Waals surface area contributed by atoms with E-state index < -0.39 is 39.7 Å². The van der Waals surface area contributed by atoms with Crippen molar-refractivity contribution in [3.8, 4) is 0 Å². The number of rotatable bonds is 1. The third-order valence-corrected chi connectivity index (χ3v) is 2.42. The first-order valence-corrected chi connectivity index (χ1v) is 4.66. The van der Waals surface area contributed by atoms with Crippen LogP contribution in [0.5, 0.6) is 0 Å². The van der Waals surface area contributed by atoms with E-state index in [4.69, 9.17) is 16.7 Å². The van der Waals surface area contributed by atoms with Crippen LogP contribution in [0.15, 0.2) is 12.1 Å². The summed E-state index contributed by atoms with van der Waals surface area (Å²) in [5, 5.41) is 8.06. The van der Waals surface area contributed by atoms with Crippen molar-refractivity contribution in [3.05, 3.63) is 40.3 Å². The second kappa shape index (κ2) is 3.89. The van der Waals surface area contributed by atoms with Gasteiger partial charge in [-0.3, -0.25) is 0 Å². The molecule has 17 heavy (non-hydrogen) atoms. The number of aromatic carboxylic acids is 1. The summed E-state index contributed by atoms with van der Waals surface area (Å²) < 4.78 is 39.1. The molecule has 0 bridgehead atoms. The Morgan fingerprint density at radius 1 is 1.24 bits per heavy atom. The fourth-order valence-corrected chi connectivity index (χ4v) is 1.57. The van der Waals surface area contributed by atoms with Gasteiger partial charge < -0.3 is 5.11 Å². The molecule has 2 rings (SSSR count).